The molecule has 0 aromatic carbocycles. The van der Waals surface area contributed by atoms with Crippen molar-refractivity contribution in [1.29, 1.82) is 5.26 Å². The van der Waals surface area contributed by atoms with Gasteiger partial charge in [0.2, 0.25) is 0 Å². The van der Waals surface area contributed by atoms with Gasteiger partial charge in [-0.1, -0.05) is 6.92 Å². The fraction of sp³-hybridized carbons (Fsp3) is 0.615. The minimum atomic E-state index is 0.208. The number of aryl methyl sites for hydroxylation is 1. The van der Waals surface area contributed by atoms with E-state index >= 15 is 0 Å². The Hall–Kier alpha value is -1.63. The van der Waals surface area contributed by atoms with Crippen LogP contribution in [0.2, 0.25) is 0 Å². The molecule has 0 aliphatic heterocycles. The predicted octanol–water partition coefficient (Wildman–Crippen LogP) is 2.61. The molecule has 1 heterocycles. The Kier molecular flexibility index (Phi) is 3.58. The molecule has 0 N–H and O–H groups in total. The lowest BCUT2D eigenvalue weighted by Crippen LogP contribution is -2.24. The van der Waals surface area contributed by atoms with Crippen molar-refractivity contribution in [2.24, 2.45) is 5.92 Å². The molecular weight excluding hydrogens is 214 g/mol. The van der Waals surface area contributed by atoms with Gasteiger partial charge in [-0.05, 0) is 44.6 Å². The van der Waals surface area contributed by atoms with Gasteiger partial charge in [0.15, 0.2) is 0 Å². The lowest BCUT2D eigenvalue weighted by atomic mass is 9.89. The number of rotatable bonds is 2. The summed E-state index contributed by atoms with van der Waals surface area (Å²) in [6.45, 7) is 4.12. The molecule has 1 fully saturated rings. The van der Waals surface area contributed by atoms with E-state index in [9.17, 15) is 0 Å². The first kappa shape index (κ1) is 11.8. The van der Waals surface area contributed by atoms with Crippen molar-refractivity contribution in [2.45, 2.75) is 45.6 Å². The Morgan fingerprint density at radius 3 is 2.65 bits per heavy atom. The average molecular weight is 231 g/mol. The molecule has 0 spiro atoms. The fourth-order valence-corrected chi connectivity index (χ4v) is 2.15. The first-order valence-electron chi connectivity index (χ1n) is 6.10. The predicted molar refractivity (Wildman–Crippen MR) is 63.5 cm³/mol. The summed E-state index contributed by atoms with van der Waals surface area (Å²) in [6, 6.07) is 4.03. The van der Waals surface area contributed by atoms with Gasteiger partial charge in [0.1, 0.15) is 17.9 Å². The lowest BCUT2D eigenvalue weighted by molar-refractivity contribution is 0.124. The van der Waals surface area contributed by atoms with Crippen LogP contribution in [-0.2, 0) is 0 Å². The molecule has 1 aromatic heterocycles. The summed E-state index contributed by atoms with van der Waals surface area (Å²) in [7, 11) is 0. The SMILES string of the molecule is Cc1cc(C#N)nc(OC2CCC(C)CC2)n1. The first-order valence-corrected chi connectivity index (χ1v) is 6.10. The molecule has 0 amide bonds. The van der Waals surface area contributed by atoms with Crippen LogP contribution in [0.25, 0.3) is 0 Å². The zero-order valence-corrected chi connectivity index (χ0v) is 10.3. The maximum Gasteiger partial charge on any atom is 0.318 e. The number of nitriles is 1. The third kappa shape index (κ3) is 3.16. The van der Waals surface area contributed by atoms with E-state index in [4.69, 9.17) is 10.00 Å². The van der Waals surface area contributed by atoms with E-state index < -0.39 is 0 Å². The topological polar surface area (TPSA) is 58.8 Å². The summed E-state index contributed by atoms with van der Waals surface area (Å²) in [5, 5.41) is 8.83. The number of ether oxygens (including phenoxy) is 1. The molecule has 4 nitrogen and oxygen atoms in total. The minimum Gasteiger partial charge on any atom is -0.460 e. The zero-order valence-electron chi connectivity index (χ0n) is 10.3. The third-order valence-corrected chi connectivity index (χ3v) is 3.18. The second-order valence-electron chi connectivity index (χ2n) is 4.79. The van der Waals surface area contributed by atoms with Gasteiger partial charge in [-0.2, -0.15) is 10.2 Å². The molecule has 0 atom stereocenters. The fourth-order valence-electron chi connectivity index (χ4n) is 2.15. The van der Waals surface area contributed by atoms with Crippen LogP contribution in [0.15, 0.2) is 6.07 Å². The Labute approximate surface area is 102 Å². The summed E-state index contributed by atoms with van der Waals surface area (Å²) < 4.78 is 5.75. The molecule has 90 valence electrons. The molecule has 0 unspecified atom stereocenters. The van der Waals surface area contributed by atoms with Gasteiger partial charge in [-0.15, -0.1) is 0 Å². The summed E-state index contributed by atoms with van der Waals surface area (Å²) in [5.41, 5.74) is 1.15. The van der Waals surface area contributed by atoms with Crippen molar-refractivity contribution in [3.8, 4) is 12.1 Å². The third-order valence-electron chi connectivity index (χ3n) is 3.18. The molecule has 1 saturated carbocycles. The number of hydrogen-bond acceptors (Lipinski definition) is 4. The average Bonchev–Trinajstić information content (AvgIpc) is 2.31. The molecule has 1 aliphatic rings. The smallest absolute Gasteiger partial charge is 0.318 e. The molecule has 0 saturated heterocycles. The normalized spacial score (nSPS) is 24.1. The van der Waals surface area contributed by atoms with Gasteiger partial charge in [0, 0.05) is 5.69 Å². The molecule has 17 heavy (non-hydrogen) atoms. The van der Waals surface area contributed by atoms with Crippen LogP contribution in [0.5, 0.6) is 6.01 Å². The van der Waals surface area contributed by atoms with Gasteiger partial charge >= 0.3 is 6.01 Å². The van der Waals surface area contributed by atoms with E-state index in [2.05, 4.69) is 16.9 Å². The van der Waals surface area contributed by atoms with Crippen LogP contribution < -0.4 is 4.74 Å². The summed E-state index contributed by atoms with van der Waals surface area (Å²) in [4.78, 5) is 8.28. The number of nitrogens with zero attached hydrogens (tertiary/aromatic N) is 3. The van der Waals surface area contributed by atoms with Crippen molar-refractivity contribution in [1.82, 2.24) is 9.97 Å². The van der Waals surface area contributed by atoms with Gasteiger partial charge in [-0.25, -0.2) is 4.98 Å². The van der Waals surface area contributed by atoms with Crippen LogP contribution >= 0.6 is 0 Å². The second kappa shape index (κ2) is 5.13. The Morgan fingerprint density at radius 2 is 2.00 bits per heavy atom. The zero-order chi connectivity index (χ0) is 12.3. The highest BCUT2D eigenvalue weighted by atomic mass is 16.5. The van der Waals surface area contributed by atoms with Crippen LogP contribution in [0.4, 0.5) is 0 Å². The largest absolute Gasteiger partial charge is 0.460 e. The summed E-state index contributed by atoms with van der Waals surface area (Å²) in [6.07, 6.45) is 4.71. The second-order valence-corrected chi connectivity index (χ2v) is 4.79. The van der Waals surface area contributed by atoms with Gasteiger partial charge in [0.05, 0.1) is 0 Å². The molecule has 1 aromatic rings. The maximum atomic E-state index is 8.83. The van der Waals surface area contributed by atoms with Crippen molar-refractivity contribution < 1.29 is 4.74 Å². The van der Waals surface area contributed by atoms with Gasteiger partial charge in [-0.3, -0.25) is 0 Å². The number of aromatic nitrogens is 2. The standard InChI is InChI=1S/C13H17N3O/c1-9-3-5-12(6-4-9)17-13-15-10(2)7-11(8-14)16-13/h7,9,12H,3-6H2,1-2H3. The van der Waals surface area contributed by atoms with Crippen molar-refractivity contribution in [2.75, 3.05) is 0 Å². The van der Waals surface area contributed by atoms with Crippen LogP contribution in [0.1, 0.15) is 44.0 Å². The Morgan fingerprint density at radius 1 is 1.29 bits per heavy atom. The molecule has 1 aliphatic carbocycles. The van der Waals surface area contributed by atoms with E-state index in [1.54, 1.807) is 6.07 Å². The van der Waals surface area contributed by atoms with Gasteiger partial charge in [0.25, 0.3) is 0 Å². The minimum absolute atomic E-state index is 0.208. The monoisotopic (exact) mass is 231 g/mol. The molecule has 0 bridgehead atoms. The van der Waals surface area contributed by atoms with Crippen molar-refractivity contribution in [3.63, 3.8) is 0 Å². The first-order chi connectivity index (χ1) is 8.17. The molecular formula is C13H17N3O. The van der Waals surface area contributed by atoms with E-state index in [1.165, 1.54) is 12.8 Å². The number of hydrogen-bond donors (Lipinski definition) is 0. The van der Waals surface area contributed by atoms with Crippen LogP contribution in [-0.4, -0.2) is 16.1 Å². The summed E-state index contributed by atoms with van der Waals surface area (Å²) >= 11 is 0. The molecule has 2 rings (SSSR count). The molecule has 0 radical (unpaired) electrons. The van der Waals surface area contributed by atoms with Crippen molar-refractivity contribution in [3.05, 3.63) is 17.5 Å². The van der Waals surface area contributed by atoms with E-state index in [1.807, 2.05) is 13.0 Å². The van der Waals surface area contributed by atoms with Crippen LogP contribution in [0, 0.1) is 24.2 Å². The van der Waals surface area contributed by atoms with Crippen LogP contribution in [0.3, 0.4) is 0 Å². The highest BCUT2D eigenvalue weighted by Gasteiger charge is 2.20. The molecule has 4 heteroatoms. The van der Waals surface area contributed by atoms with E-state index in [0.717, 1.165) is 24.5 Å². The highest BCUT2D eigenvalue weighted by Crippen LogP contribution is 2.26. The van der Waals surface area contributed by atoms with Crippen molar-refractivity contribution >= 4 is 0 Å². The maximum absolute atomic E-state index is 8.83. The Bertz CT molecular complexity index is 431. The van der Waals surface area contributed by atoms with E-state index in [-0.39, 0.29) is 6.10 Å². The highest BCUT2D eigenvalue weighted by molar-refractivity contribution is 5.23. The van der Waals surface area contributed by atoms with Gasteiger partial charge < -0.3 is 4.74 Å². The Balaban J connectivity index is 2.03. The van der Waals surface area contributed by atoms with E-state index in [0.29, 0.717) is 11.7 Å². The summed E-state index contributed by atoms with van der Waals surface area (Å²) in [5.74, 6) is 0.794. The quantitative estimate of drug-likeness (QED) is 0.785. The lowest BCUT2D eigenvalue weighted by Gasteiger charge is -2.25.